The first-order valence-corrected chi connectivity index (χ1v) is 27.2. The van der Waals surface area contributed by atoms with Crippen LogP contribution in [0.2, 0.25) is 0 Å². The maximum atomic E-state index is 14.0. The Kier molecular flexibility index (Phi) is 27.1. The quantitative estimate of drug-likeness (QED) is 0.0336. The number of aliphatic hydroxyl groups is 1. The van der Waals surface area contributed by atoms with Gasteiger partial charge in [-0.2, -0.15) is 0 Å². The van der Waals surface area contributed by atoms with Crippen molar-refractivity contribution in [3.63, 3.8) is 0 Å². The number of carboxylic acid groups (broad SMARTS) is 1. The van der Waals surface area contributed by atoms with E-state index in [1.165, 1.54) is 23.6 Å². The highest BCUT2D eigenvalue weighted by Crippen LogP contribution is 2.22. The fourth-order valence-electron chi connectivity index (χ4n) is 9.18. The Morgan fingerprint density at radius 3 is 1.62 bits per heavy atom. The van der Waals surface area contributed by atoms with E-state index in [0.717, 1.165) is 0 Å². The molecule has 0 radical (unpaired) electrons. The number of primary amides is 1. The van der Waals surface area contributed by atoms with Crippen molar-refractivity contribution in [1.82, 2.24) is 57.7 Å². The second-order valence-electron chi connectivity index (χ2n) is 21.6. The molecule has 2 heterocycles. The molecule has 1 aromatic carbocycles. The Bertz CT molecular complexity index is 2420. The second kappa shape index (κ2) is 32.5. The predicted molar refractivity (Wildman–Crippen MR) is 291 cm³/mol. The third-order valence-corrected chi connectivity index (χ3v) is 13.4. The van der Waals surface area contributed by atoms with E-state index in [0.29, 0.717) is 24.8 Å². The van der Waals surface area contributed by atoms with Gasteiger partial charge in [0, 0.05) is 19.5 Å². The number of hydrogen-bond acceptors (Lipinski definition) is 15. The van der Waals surface area contributed by atoms with E-state index in [-0.39, 0.29) is 50.6 Å². The van der Waals surface area contributed by atoms with Crippen LogP contribution in [0.25, 0.3) is 0 Å². The molecule has 81 heavy (non-hydrogen) atoms. The first kappa shape index (κ1) is 67.5. The van der Waals surface area contributed by atoms with Gasteiger partial charge in [-0.15, -0.1) is 0 Å². The number of carbonyl (C=O) groups is 13. The van der Waals surface area contributed by atoms with Crippen molar-refractivity contribution in [2.45, 2.75) is 167 Å². The number of nitrogens with zero attached hydrogens (tertiary/aromatic N) is 2. The summed E-state index contributed by atoms with van der Waals surface area (Å²) in [7, 11) is 0. The molecule has 1 aromatic rings. The molecule has 0 saturated carbocycles. The smallest absolute Gasteiger partial charge is 0.326 e. The van der Waals surface area contributed by atoms with Gasteiger partial charge >= 0.3 is 5.97 Å². The van der Waals surface area contributed by atoms with E-state index in [1.54, 1.807) is 58.0 Å². The molecule has 2 fully saturated rings. The summed E-state index contributed by atoms with van der Waals surface area (Å²) in [6, 6.07) is -2.59. The number of amides is 12. The van der Waals surface area contributed by atoms with Crippen LogP contribution in [-0.2, 0) is 68.7 Å². The molecule has 0 aliphatic carbocycles. The maximum absolute atomic E-state index is 14.0. The molecular weight excluding hydrogens is 1060 g/mol. The van der Waals surface area contributed by atoms with Gasteiger partial charge in [-0.25, -0.2) is 4.79 Å². The normalized spacial score (nSPS) is 17.9. The van der Waals surface area contributed by atoms with Gasteiger partial charge in [-0.1, -0.05) is 71.9 Å². The third kappa shape index (κ3) is 22.0. The van der Waals surface area contributed by atoms with Crippen LogP contribution in [0.1, 0.15) is 106 Å². The number of benzene rings is 1. The van der Waals surface area contributed by atoms with E-state index in [1.807, 2.05) is 13.8 Å². The average molecular weight is 1140 g/mol. The number of rotatable bonds is 31. The zero-order valence-electron chi connectivity index (χ0n) is 47.3. The summed E-state index contributed by atoms with van der Waals surface area (Å²) >= 11 is 0. The van der Waals surface area contributed by atoms with Crippen molar-refractivity contribution < 1.29 is 72.5 Å². The SMILES string of the molecule is CC(C)C[C@H](NC(=O)[C@@H](NC(=O)CNC(=O)[C@@H](N)CC(C)C)[C@@H](C)O)C(=O)N[C@@H](CC(N)=O)C(=O)N[C@@H](C)C(=O)NCC(=O)N[C@H](C(=O)N1CCC[C@H]1C(=O)NCC(=O)N[C@@H](Cc1ccccc1)C(=O)N1CCC[C@H]1C(=O)O)C(C)C. The molecule has 450 valence electrons. The lowest BCUT2D eigenvalue weighted by Crippen LogP contribution is -2.60. The van der Waals surface area contributed by atoms with E-state index < -0.39 is 169 Å². The van der Waals surface area contributed by atoms with Crippen LogP contribution in [0.5, 0.6) is 0 Å². The molecule has 3 rings (SSSR count). The van der Waals surface area contributed by atoms with Crippen molar-refractivity contribution in [3.05, 3.63) is 35.9 Å². The molecule has 10 atom stereocenters. The fraction of sp³-hybridized carbons (Fsp3) is 0.642. The van der Waals surface area contributed by atoms with Crippen LogP contribution in [0.15, 0.2) is 30.3 Å². The molecule has 0 bridgehead atoms. The molecule has 0 unspecified atom stereocenters. The van der Waals surface area contributed by atoms with Gasteiger partial charge in [0.2, 0.25) is 70.9 Å². The van der Waals surface area contributed by atoms with Crippen LogP contribution in [0, 0.1) is 17.8 Å². The summed E-state index contributed by atoms with van der Waals surface area (Å²) in [6.45, 7) is 11.4. The summed E-state index contributed by atoms with van der Waals surface area (Å²) in [4.78, 5) is 173. The van der Waals surface area contributed by atoms with Gasteiger partial charge in [0.1, 0.15) is 48.3 Å². The van der Waals surface area contributed by atoms with E-state index in [2.05, 4.69) is 47.9 Å². The average Bonchev–Trinajstić information content (AvgIpc) is 4.11. The lowest BCUT2D eigenvalue weighted by Gasteiger charge is -2.30. The van der Waals surface area contributed by atoms with Crippen LogP contribution in [0.3, 0.4) is 0 Å². The number of aliphatic hydroxyl groups excluding tert-OH is 1. The van der Waals surface area contributed by atoms with Gasteiger partial charge in [0.05, 0.1) is 38.2 Å². The standard InChI is InChI=1S/C53H83N13O15/c1-27(2)20-33(54)46(73)57-26-42(71)64-44(31(8)67)50(77)62-34(21-28(3)4)48(75)61-35(23-39(55)68)47(74)59-30(7)45(72)56-25-41(70)63-43(29(5)6)52(79)65-18-12-16-37(65)49(76)58-24-40(69)60-36(22-32-14-10-9-11-15-32)51(78)66-19-13-17-38(66)53(80)81/h9-11,14-15,27-31,33-38,43-44,67H,12-13,16-26,54H2,1-8H3,(H2,55,68)(H,56,72)(H,57,73)(H,58,76)(H,59,74)(H,60,69)(H,61,75)(H,62,77)(H,63,70)(H,64,71)(H,80,81)/t30-,31+,33-,34-,35-,36-,37-,38-,43-,44-/m0/s1. The van der Waals surface area contributed by atoms with E-state index >= 15 is 0 Å². The topological polar surface area (TPSA) is 429 Å². The third-order valence-electron chi connectivity index (χ3n) is 13.4. The summed E-state index contributed by atoms with van der Waals surface area (Å²) in [6.07, 6.45) is -0.504. The molecule has 0 aromatic heterocycles. The number of aliphatic carboxylic acids is 1. The summed E-state index contributed by atoms with van der Waals surface area (Å²) in [5.41, 5.74) is 12.0. The highest BCUT2D eigenvalue weighted by Gasteiger charge is 2.41. The number of nitrogens with one attached hydrogen (secondary N) is 9. The molecule has 2 aliphatic rings. The Balaban J connectivity index is 1.59. The van der Waals surface area contributed by atoms with E-state index in [4.69, 9.17) is 11.5 Å². The molecule has 15 N–H and O–H groups in total. The van der Waals surface area contributed by atoms with Gasteiger partial charge in [-0.3, -0.25) is 57.5 Å². The van der Waals surface area contributed by atoms with Crippen molar-refractivity contribution in [3.8, 4) is 0 Å². The molecular formula is C53H83N13O15. The van der Waals surface area contributed by atoms with Gasteiger partial charge in [0.25, 0.3) is 0 Å². The molecule has 2 saturated heterocycles. The molecule has 28 heteroatoms. The summed E-state index contributed by atoms with van der Waals surface area (Å²) in [5, 5.41) is 42.0. The Morgan fingerprint density at radius 2 is 1.07 bits per heavy atom. The highest BCUT2D eigenvalue weighted by molar-refractivity contribution is 5.99. The van der Waals surface area contributed by atoms with Gasteiger partial charge < -0.3 is 79.3 Å². The zero-order valence-corrected chi connectivity index (χ0v) is 47.3. The number of carbonyl (C=O) groups excluding carboxylic acids is 12. The minimum absolute atomic E-state index is 0.0351. The van der Waals surface area contributed by atoms with Crippen LogP contribution in [-0.4, -0.2) is 190 Å². The predicted octanol–water partition coefficient (Wildman–Crippen LogP) is -4.10. The van der Waals surface area contributed by atoms with Crippen molar-refractivity contribution in [2.75, 3.05) is 32.7 Å². The summed E-state index contributed by atoms with van der Waals surface area (Å²) in [5.74, 6) is -11.7. The maximum Gasteiger partial charge on any atom is 0.326 e. The van der Waals surface area contributed by atoms with Crippen molar-refractivity contribution >= 4 is 76.9 Å². The number of likely N-dealkylation sites (tertiary alicyclic amines) is 2. The van der Waals surface area contributed by atoms with Crippen LogP contribution < -0.4 is 59.3 Å². The lowest BCUT2D eigenvalue weighted by molar-refractivity contribution is -0.149. The Labute approximate surface area is 470 Å². The minimum Gasteiger partial charge on any atom is -0.480 e. The first-order valence-electron chi connectivity index (χ1n) is 27.2. The first-order chi connectivity index (χ1) is 38.0. The fourth-order valence-corrected chi connectivity index (χ4v) is 9.18. The molecule has 28 nitrogen and oxygen atoms in total. The minimum atomic E-state index is -1.69. The second-order valence-corrected chi connectivity index (χ2v) is 21.6. The Morgan fingerprint density at radius 1 is 0.568 bits per heavy atom. The Hall–Kier alpha value is -7.75. The highest BCUT2D eigenvalue weighted by atomic mass is 16.4. The van der Waals surface area contributed by atoms with Crippen molar-refractivity contribution in [1.29, 1.82) is 0 Å². The van der Waals surface area contributed by atoms with E-state index in [9.17, 15) is 72.5 Å². The largest absolute Gasteiger partial charge is 0.480 e. The number of carboxylic acids is 1. The molecule has 2 aliphatic heterocycles. The molecule has 12 amide bonds. The molecule has 0 spiro atoms. The lowest BCUT2D eigenvalue weighted by atomic mass is 10.0. The summed E-state index contributed by atoms with van der Waals surface area (Å²) < 4.78 is 0. The monoisotopic (exact) mass is 1140 g/mol. The van der Waals surface area contributed by atoms with Crippen LogP contribution in [0.4, 0.5) is 0 Å². The number of nitrogens with two attached hydrogens (primary N) is 2. The number of hydrogen-bond donors (Lipinski definition) is 13. The van der Waals surface area contributed by atoms with Crippen molar-refractivity contribution in [2.24, 2.45) is 29.2 Å². The van der Waals surface area contributed by atoms with Gasteiger partial charge in [0.15, 0.2) is 0 Å². The van der Waals surface area contributed by atoms with Crippen LogP contribution >= 0.6 is 0 Å². The zero-order chi connectivity index (χ0) is 60.8. The van der Waals surface area contributed by atoms with Gasteiger partial charge in [-0.05, 0) is 75.7 Å².